The van der Waals surface area contributed by atoms with Crippen LogP contribution in [0.15, 0.2) is 0 Å². The molecule has 1 saturated carbocycles. The molecule has 2 heterocycles. The summed E-state index contributed by atoms with van der Waals surface area (Å²) in [5, 5.41) is 51.3. The van der Waals surface area contributed by atoms with Gasteiger partial charge >= 0.3 is 0 Å². The Kier molecular flexibility index (Phi) is 8.24. The lowest BCUT2D eigenvalue weighted by molar-refractivity contribution is -0.276. The Morgan fingerprint density at radius 3 is 2.10 bits per heavy atom. The van der Waals surface area contributed by atoms with E-state index in [1.807, 2.05) is 0 Å². The SMILES string of the molecule is NCC1OC(OC2C(N)CC(N)C(C3OC(CO)C(O)C(N)C3O)C2O)C(N)CC1O. The van der Waals surface area contributed by atoms with E-state index in [-0.39, 0.29) is 19.4 Å². The average molecular weight is 452 g/mol. The maximum atomic E-state index is 11.1. The number of nitrogens with two attached hydrogens (primary N) is 5. The minimum absolute atomic E-state index is 0.0609. The Morgan fingerprint density at radius 1 is 0.806 bits per heavy atom. The lowest BCUT2D eigenvalue weighted by Gasteiger charge is -2.51. The van der Waals surface area contributed by atoms with Crippen LogP contribution < -0.4 is 28.7 Å². The fraction of sp³-hybridized carbons (Fsp3) is 1.00. The van der Waals surface area contributed by atoms with Gasteiger partial charge in [-0.15, -0.1) is 0 Å². The minimum Gasteiger partial charge on any atom is -0.394 e. The highest BCUT2D eigenvalue weighted by atomic mass is 16.7. The zero-order valence-electron chi connectivity index (χ0n) is 17.3. The number of ether oxygens (including phenoxy) is 3. The predicted molar refractivity (Wildman–Crippen MR) is 107 cm³/mol. The molecule has 1 aliphatic carbocycles. The lowest BCUT2D eigenvalue weighted by atomic mass is 9.72. The molecule has 3 aliphatic rings. The van der Waals surface area contributed by atoms with Crippen molar-refractivity contribution < 1.29 is 39.7 Å². The van der Waals surface area contributed by atoms with Crippen LogP contribution in [0, 0.1) is 5.92 Å². The van der Waals surface area contributed by atoms with Gasteiger partial charge in [0, 0.05) is 24.5 Å². The van der Waals surface area contributed by atoms with Gasteiger partial charge in [-0.05, 0) is 12.8 Å². The molecule has 31 heavy (non-hydrogen) atoms. The van der Waals surface area contributed by atoms with E-state index in [2.05, 4.69) is 0 Å². The van der Waals surface area contributed by atoms with Crippen LogP contribution in [0.5, 0.6) is 0 Å². The van der Waals surface area contributed by atoms with Gasteiger partial charge in [0.15, 0.2) is 6.29 Å². The van der Waals surface area contributed by atoms with Crippen molar-refractivity contribution in [1.29, 1.82) is 0 Å². The summed E-state index contributed by atoms with van der Waals surface area (Å²) in [7, 11) is 0. The van der Waals surface area contributed by atoms with Crippen molar-refractivity contribution in [2.75, 3.05) is 13.2 Å². The van der Waals surface area contributed by atoms with Crippen molar-refractivity contribution in [2.24, 2.45) is 34.6 Å². The van der Waals surface area contributed by atoms with Crippen molar-refractivity contribution in [3.05, 3.63) is 0 Å². The van der Waals surface area contributed by atoms with Crippen LogP contribution >= 0.6 is 0 Å². The number of hydrogen-bond donors (Lipinski definition) is 10. The highest BCUT2D eigenvalue weighted by Gasteiger charge is 2.54. The Balaban J connectivity index is 1.77. The molecule has 14 atom stereocenters. The molecule has 13 nitrogen and oxygen atoms in total. The van der Waals surface area contributed by atoms with Crippen LogP contribution in [0.1, 0.15) is 12.8 Å². The summed E-state index contributed by atoms with van der Waals surface area (Å²) in [5.74, 6) is -0.858. The van der Waals surface area contributed by atoms with Crippen molar-refractivity contribution in [3.8, 4) is 0 Å². The highest BCUT2D eigenvalue weighted by molar-refractivity contribution is 5.06. The third-order valence-corrected chi connectivity index (χ3v) is 6.71. The van der Waals surface area contributed by atoms with Gasteiger partial charge in [-0.3, -0.25) is 0 Å². The molecule has 2 aliphatic heterocycles. The van der Waals surface area contributed by atoms with E-state index >= 15 is 0 Å². The molecule has 14 unspecified atom stereocenters. The zero-order valence-corrected chi connectivity index (χ0v) is 17.3. The molecule has 15 N–H and O–H groups in total. The van der Waals surface area contributed by atoms with Gasteiger partial charge in [0.1, 0.15) is 18.3 Å². The predicted octanol–water partition coefficient (Wildman–Crippen LogP) is -6.02. The molecule has 0 bridgehead atoms. The monoisotopic (exact) mass is 451 g/mol. The first-order chi connectivity index (χ1) is 14.6. The van der Waals surface area contributed by atoms with E-state index in [1.165, 1.54) is 0 Å². The van der Waals surface area contributed by atoms with Crippen molar-refractivity contribution >= 4 is 0 Å². The van der Waals surface area contributed by atoms with Crippen molar-refractivity contribution in [1.82, 2.24) is 0 Å². The van der Waals surface area contributed by atoms with E-state index < -0.39 is 91.8 Å². The van der Waals surface area contributed by atoms with E-state index in [1.54, 1.807) is 0 Å². The summed E-state index contributed by atoms with van der Waals surface area (Å²) >= 11 is 0. The molecule has 182 valence electrons. The smallest absolute Gasteiger partial charge is 0.173 e. The van der Waals surface area contributed by atoms with Gasteiger partial charge in [0.2, 0.25) is 0 Å². The molecular weight excluding hydrogens is 414 g/mol. The number of hydrogen-bond acceptors (Lipinski definition) is 13. The van der Waals surface area contributed by atoms with Gasteiger partial charge in [0.05, 0.1) is 49.2 Å². The third kappa shape index (κ3) is 4.89. The van der Waals surface area contributed by atoms with Gasteiger partial charge in [-0.25, -0.2) is 0 Å². The standard InChI is InChI=1S/C18H37N5O8/c19-3-9-8(25)2-7(22)18(30-9)31-16-6(21)1-5(20)11(14(16)27)17-15(28)12(23)13(26)10(4-24)29-17/h5-18,24-28H,1-4,19-23H2. The maximum absolute atomic E-state index is 11.1. The minimum atomic E-state index is -1.34. The second kappa shape index (κ2) is 10.2. The summed E-state index contributed by atoms with van der Waals surface area (Å²) in [6.07, 6.45) is -9.05. The highest BCUT2D eigenvalue weighted by Crippen LogP contribution is 2.36. The third-order valence-electron chi connectivity index (χ3n) is 6.71. The Morgan fingerprint density at radius 2 is 1.48 bits per heavy atom. The van der Waals surface area contributed by atoms with Crippen LogP contribution in [0.25, 0.3) is 0 Å². The number of rotatable bonds is 5. The van der Waals surface area contributed by atoms with Crippen LogP contribution in [0.4, 0.5) is 0 Å². The molecule has 0 radical (unpaired) electrons. The fourth-order valence-electron chi connectivity index (χ4n) is 4.86. The fourth-order valence-corrected chi connectivity index (χ4v) is 4.86. The Labute approximate surface area is 180 Å². The number of aliphatic hydroxyl groups excluding tert-OH is 5. The molecule has 2 saturated heterocycles. The summed E-state index contributed by atoms with van der Waals surface area (Å²) in [5.41, 5.74) is 30.0. The number of aliphatic hydroxyl groups is 5. The molecule has 3 fully saturated rings. The second-order valence-corrected chi connectivity index (χ2v) is 8.86. The van der Waals surface area contributed by atoms with Crippen LogP contribution in [-0.2, 0) is 14.2 Å². The van der Waals surface area contributed by atoms with Crippen LogP contribution in [0.2, 0.25) is 0 Å². The van der Waals surface area contributed by atoms with Gasteiger partial charge in [-0.2, -0.15) is 0 Å². The van der Waals surface area contributed by atoms with Gasteiger partial charge in [-0.1, -0.05) is 0 Å². The summed E-state index contributed by atoms with van der Waals surface area (Å²) in [6.45, 7) is -0.464. The maximum Gasteiger partial charge on any atom is 0.173 e. The quantitative estimate of drug-likeness (QED) is 0.187. The van der Waals surface area contributed by atoms with E-state index in [9.17, 15) is 25.5 Å². The van der Waals surface area contributed by atoms with Crippen LogP contribution in [0.3, 0.4) is 0 Å². The molecule has 0 aromatic heterocycles. The summed E-state index contributed by atoms with van der Waals surface area (Å²) in [4.78, 5) is 0. The first-order valence-corrected chi connectivity index (χ1v) is 10.6. The molecule has 0 amide bonds. The Bertz CT molecular complexity index is 591. The van der Waals surface area contributed by atoms with Crippen molar-refractivity contribution in [3.63, 3.8) is 0 Å². The van der Waals surface area contributed by atoms with E-state index in [0.29, 0.717) is 0 Å². The normalized spacial score (nSPS) is 54.0. The Hall–Kier alpha value is -0.520. The molecule has 13 heteroatoms. The molecular formula is C18H37N5O8. The van der Waals surface area contributed by atoms with Crippen LogP contribution in [-0.4, -0.2) is 118 Å². The average Bonchev–Trinajstić information content (AvgIpc) is 2.72. The molecule has 0 aromatic carbocycles. The molecule has 0 spiro atoms. The topological polar surface area (TPSA) is 259 Å². The van der Waals surface area contributed by atoms with Crippen molar-refractivity contribution in [2.45, 2.75) is 92.1 Å². The van der Waals surface area contributed by atoms with E-state index in [0.717, 1.165) is 0 Å². The summed E-state index contributed by atoms with van der Waals surface area (Å²) < 4.78 is 17.3. The van der Waals surface area contributed by atoms with E-state index in [4.69, 9.17) is 42.9 Å². The largest absolute Gasteiger partial charge is 0.394 e. The lowest BCUT2D eigenvalue weighted by Crippen LogP contribution is -2.70. The second-order valence-electron chi connectivity index (χ2n) is 8.86. The first-order valence-electron chi connectivity index (χ1n) is 10.6. The molecule has 3 rings (SSSR count). The molecule has 0 aromatic rings. The summed E-state index contributed by atoms with van der Waals surface area (Å²) in [6, 6.07) is -3.13. The van der Waals surface area contributed by atoms with Gasteiger partial charge < -0.3 is 68.4 Å². The first kappa shape index (κ1) is 25.1. The van der Waals surface area contributed by atoms with Gasteiger partial charge in [0.25, 0.3) is 0 Å². The zero-order chi connectivity index (χ0) is 23.0.